The van der Waals surface area contributed by atoms with Gasteiger partial charge in [-0.15, -0.1) is 0 Å². The van der Waals surface area contributed by atoms with Gasteiger partial charge in [0.2, 0.25) is 11.8 Å². The topological polar surface area (TPSA) is 70.2 Å². The fourth-order valence-electron chi connectivity index (χ4n) is 2.26. The predicted molar refractivity (Wildman–Crippen MR) is 74.9 cm³/mol. The van der Waals surface area contributed by atoms with Gasteiger partial charge in [-0.1, -0.05) is 0 Å². The van der Waals surface area contributed by atoms with E-state index in [0.29, 0.717) is 12.8 Å². The molecular formula is C14H17F2N3O2. The number of piperidine rings is 1. The van der Waals surface area contributed by atoms with Crippen LogP contribution in [0.1, 0.15) is 19.8 Å². The lowest BCUT2D eigenvalue weighted by molar-refractivity contribution is -0.120. The Balaban J connectivity index is 2.18. The van der Waals surface area contributed by atoms with Crippen molar-refractivity contribution in [2.75, 3.05) is 23.7 Å². The fraction of sp³-hybridized carbons (Fsp3) is 0.429. The highest BCUT2D eigenvalue weighted by Gasteiger charge is 2.22. The minimum Gasteiger partial charge on any atom is -0.324 e. The summed E-state index contributed by atoms with van der Waals surface area (Å²) in [5.74, 6) is -3.03. The van der Waals surface area contributed by atoms with Gasteiger partial charge in [0.15, 0.2) is 11.6 Å². The van der Waals surface area contributed by atoms with Crippen LogP contribution >= 0.6 is 0 Å². The number of halogens is 2. The second-order valence-corrected chi connectivity index (χ2v) is 5.01. The van der Waals surface area contributed by atoms with Gasteiger partial charge in [0, 0.05) is 25.0 Å². The minimum absolute atomic E-state index is 0.0451. The molecule has 1 heterocycles. The molecule has 2 rings (SSSR count). The maximum Gasteiger partial charge on any atom is 0.227 e. The average Bonchev–Trinajstić information content (AvgIpc) is 2.44. The molecule has 0 aromatic heterocycles. The summed E-state index contributed by atoms with van der Waals surface area (Å²) < 4.78 is 26.6. The van der Waals surface area contributed by atoms with Crippen LogP contribution in [0.25, 0.3) is 0 Å². The van der Waals surface area contributed by atoms with Crippen molar-refractivity contribution in [2.45, 2.75) is 19.8 Å². The Bertz CT molecular complexity index is 557. The van der Waals surface area contributed by atoms with E-state index in [0.717, 1.165) is 25.2 Å². The summed E-state index contributed by atoms with van der Waals surface area (Å²) >= 11 is 0. The normalized spacial score (nSPS) is 15.6. The lowest BCUT2D eigenvalue weighted by atomic mass is 9.97. The third-order valence-electron chi connectivity index (χ3n) is 3.34. The number of benzene rings is 1. The lowest BCUT2D eigenvalue weighted by Crippen LogP contribution is -2.34. The standard InChI is InChI=1S/C14H17F2N3O2/c1-8(20)18-12-6-10(15)11(16)7-13(12)19-14(21)9-2-4-17-5-3-9/h6-7,9,17H,2-5H2,1H3,(H,18,20)(H,19,21). The molecule has 21 heavy (non-hydrogen) atoms. The number of carbonyl (C=O) groups excluding carboxylic acids is 2. The first-order valence-electron chi connectivity index (χ1n) is 6.75. The average molecular weight is 297 g/mol. The molecule has 0 unspecified atom stereocenters. The van der Waals surface area contributed by atoms with Crippen LogP contribution in [0.4, 0.5) is 20.2 Å². The molecule has 1 aliphatic rings. The van der Waals surface area contributed by atoms with Gasteiger partial charge in [0.1, 0.15) is 0 Å². The fourth-order valence-corrected chi connectivity index (χ4v) is 2.26. The first-order chi connectivity index (χ1) is 9.97. The lowest BCUT2D eigenvalue weighted by Gasteiger charge is -2.22. The van der Waals surface area contributed by atoms with Gasteiger partial charge in [-0.25, -0.2) is 8.78 Å². The molecule has 1 saturated heterocycles. The van der Waals surface area contributed by atoms with Crippen molar-refractivity contribution in [3.63, 3.8) is 0 Å². The van der Waals surface area contributed by atoms with E-state index in [9.17, 15) is 18.4 Å². The number of hydrogen-bond acceptors (Lipinski definition) is 3. The SMILES string of the molecule is CC(=O)Nc1cc(F)c(F)cc1NC(=O)C1CCNCC1. The highest BCUT2D eigenvalue weighted by molar-refractivity contribution is 5.99. The summed E-state index contributed by atoms with van der Waals surface area (Å²) in [5, 5.41) is 8.08. The number of amides is 2. The van der Waals surface area contributed by atoms with Crippen LogP contribution in [0.15, 0.2) is 12.1 Å². The Labute approximate surface area is 121 Å². The maximum atomic E-state index is 13.3. The van der Waals surface area contributed by atoms with Crippen molar-refractivity contribution in [3.05, 3.63) is 23.8 Å². The second kappa shape index (κ2) is 6.62. The molecule has 1 fully saturated rings. The van der Waals surface area contributed by atoms with E-state index in [2.05, 4.69) is 16.0 Å². The molecule has 2 amide bonds. The minimum atomic E-state index is -1.08. The van der Waals surface area contributed by atoms with Gasteiger partial charge in [0.25, 0.3) is 0 Å². The summed E-state index contributed by atoms with van der Waals surface area (Å²) in [6.45, 7) is 2.74. The van der Waals surface area contributed by atoms with E-state index in [4.69, 9.17) is 0 Å². The summed E-state index contributed by atoms with van der Waals surface area (Å²) in [6.07, 6.45) is 1.37. The Hall–Kier alpha value is -2.02. The predicted octanol–water partition coefficient (Wildman–Crippen LogP) is 1.86. The highest BCUT2D eigenvalue weighted by Crippen LogP contribution is 2.26. The molecule has 3 N–H and O–H groups in total. The molecule has 5 nitrogen and oxygen atoms in total. The van der Waals surface area contributed by atoms with Crippen molar-refractivity contribution in [2.24, 2.45) is 5.92 Å². The van der Waals surface area contributed by atoms with E-state index in [-0.39, 0.29) is 23.2 Å². The molecule has 1 aromatic carbocycles. The van der Waals surface area contributed by atoms with Crippen LogP contribution in [0.2, 0.25) is 0 Å². The van der Waals surface area contributed by atoms with Crippen molar-refractivity contribution in [1.29, 1.82) is 0 Å². The molecule has 0 aliphatic carbocycles. The van der Waals surface area contributed by atoms with Crippen LogP contribution in [0, 0.1) is 17.6 Å². The maximum absolute atomic E-state index is 13.3. The molecule has 1 aliphatic heterocycles. The van der Waals surface area contributed by atoms with Crippen molar-refractivity contribution in [1.82, 2.24) is 5.32 Å². The smallest absolute Gasteiger partial charge is 0.227 e. The van der Waals surface area contributed by atoms with Gasteiger partial charge >= 0.3 is 0 Å². The van der Waals surface area contributed by atoms with Gasteiger partial charge in [-0.05, 0) is 25.9 Å². The first-order valence-corrected chi connectivity index (χ1v) is 6.75. The molecule has 0 saturated carbocycles. The number of hydrogen-bond donors (Lipinski definition) is 3. The summed E-state index contributed by atoms with van der Waals surface area (Å²) in [7, 11) is 0. The molecule has 0 spiro atoms. The molecular weight excluding hydrogens is 280 g/mol. The summed E-state index contributed by atoms with van der Waals surface area (Å²) in [4.78, 5) is 23.2. The molecule has 0 bridgehead atoms. The van der Waals surface area contributed by atoms with Crippen molar-refractivity contribution in [3.8, 4) is 0 Å². The molecule has 114 valence electrons. The van der Waals surface area contributed by atoms with Crippen molar-refractivity contribution >= 4 is 23.2 Å². The zero-order valence-electron chi connectivity index (χ0n) is 11.6. The summed E-state index contributed by atoms with van der Waals surface area (Å²) in [5.41, 5.74) is 0.108. The Morgan fingerprint density at radius 2 is 1.62 bits per heavy atom. The Morgan fingerprint density at radius 3 is 2.14 bits per heavy atom. The van der Waals surface area contributed by atoms with Crippen LogP contribution in [0.5, 0.6) is 0 Å². The number of carbonyl (C=O) groups is 2. The largest absolute Gasteiger partial charge is 0.324 e. The third-order valence-corrected chi connectivity index (χ3v) is 3.34. The van der Waals surface area contributed by atoms with E-state index in [1.54, 1.807) is 0 Å². The van der Waals surface area contributed by atoms with Gasteiger partial charge in [-0.2, -0.15) is 0 Å². The Kier molecular flexibility index (Phi) is 4.85. The van der Waals surface area contributed by atoms with E-state index in [1.807, 2.05) is 0 Å². The number of anilines is 2. The molecule has 1 aromatic rings. The summed E-state index contributed by atoms with van der Waals surface area (Å²) in [6, 6.07) is 1.73. The molecule has 7 heteroatoms. The highest BCUT2D eigenvalue weighted by atomic mass is 19.2. The zero-order valence-corrected chi connectivity index (χ0v) is 11.6. The monoisotopic (exact) mass is 297 g/mol. The quantitative estimate of drug-likeness (QED) is 0.797. The van der Waals surface area contributed by atoms with Crippen LogP contribution in [-0.4, -0.2) is 24.9 Å². The van der Waals surface area contributed by atoms with Crippen LogP contribution < -0.4 is 16.0 Å². The van der Waals surface area contributed by atoms with E-state index >= 15 is 0 Å². The first kappa shape index (κ1) is 15.4. The molecule has 0 atom stereocenters. The third kappa shape index (κ3) is 3.98. The molecule has 0 radical (unpaired) electrons. The van der Waals surface area contributed by atoms with E-state index < -0.39 is 17.5 Å². The van der Waals surface area contributed by atoms with E-state index in [1.165, 1.54) is 6.92 Å². The van der Waals surface area contributed by atoms with Crippen LogP contribution in [-0.2, 0) is 9.59 Å². The second-order valence-electron chi connectivity index (χ2n) is 5.01. The Morgan fingerprint density at radius 1 is 1.10 bits per heavy atom. The van der Waals surface area contributed by atoms with Gasteiger partial charge < -0.3 is 16.0 Å². The number of nitrogens with one attached hydrogen (secondary N) is 3. The zero-order chi connectivity index (χ0) is 15.4. The number of rotatable bonds is 3. The van der Waals surface area contributed by atoms with Gasteiger partial charge in [-0.3, -0.25) is 9.59 Å². The van der Waals surface area contributed by atoms with Gasteiger partial charge in [0.05, 0.1) is 11.4 Å². The van der Waals surface area contributed by atoms with Crippen molar-refractivity contribution < 1.29 is 18.4 Å². The van der Waals surface area contributed by atoms with Crippen LogP contribution in [0.3, 0.4) is 0 Å².